The van der Waals surface area contributed by atoms with Gasteiger partial charge < -0.3 is 52.6 Å². The van der Waals surface area contributed by atoms with Gasteiger partial charge in [-0.05, 0) is 30.9 Å². The Bertz CT molecular complexity index is 1150. The quantitative estimate of drug-likeness (QED) is 0.0983. The van der Waals surface area contributed by atoms with Crippen molar-refractivity contribution in [1.82, 2.24) is 16.0 Å². The molecule has 0 saturated heterocycles. The second kappa shape index (κ2) is 17.5. The van der Waals surface area contributed by atoms with Gasteiger partial charge in [-0.1, -0.05) is 25.8 Å². The van der Waals surface area contributed by atoms with Crippen molar-refractivity contribution < 1.29 is 43.3 Å². The average molecular weight is 578 g/mol. The minimum atomic E-state index is -1.27. The summed E-state index contributed by atoms with van der Waals surface area (Å²) in [6, 6.07) is 2.35. The van der Waals surface area contributed by atoms with Crippen molar-refractivity contribution in [3.05, 3.63) is 23.8 Å². The maximum atomic E-state index is 13.2. The van der Waals surface area contributed by atoms with Crippen LogP contribution in [0.1, 0.15) is 32.3 Å². The topological polar surface area (TPSA) is 253 Å². The largest absolute Gasteiger partial charge is 0.436 e. The number of rotatable bonds is 15. The van der Waals surface area contributed by atoms with Crippen molar-refractivity contribution >= 4 is 47.3 Å². The molecule has 0 bridgehead atoms. The minimum Gasteiger partial charge on any atom is -0.436 e. The number of amides is 7. The van der Waals surface area contributed by atoms with Gasteiger partial charge in [0.25, 0.3) is 5.91 Å². The molecule has 0 aliphatic rings. The maximum absolute atomic E-state index is 13.2. The van der Waals surface area contributed by atoms with Crippen LogP contribution in [-0.2, 0) is 30.5 Å². The van der Waals surface area contributed by atoms with Gasteiger partial charge in [0.2, 0.25) is 11.8 Å². The molecule has 16 heteroatoms. The number of hydrogen-bond donors (Lipinski definition) is 8. The summed E-state index contributed by atoms with van der Waals surface area (Å²) in [5, 5.41) is 21.9. The summed E-state index contributed by atoms with van der Waals surface area (Å²) in [6.45, 7) is 2.16. The van der Waals surface area contributed by atoms with E-state index in [2.05, 4.69) is 37.2 Å². The molecule has 10 N–H and O–H groups in total. The highest BCUT2D eigenvalue weighted by atomic mass is 16.6. The summed E-state index contributed by atoms with van der Waals surface area (Å²) < 4.78 is 9.48. The Balaban J connectivity index is 3.03. The normalized spacial score (nSPS) is 11.7. The van der Waals surface area contributed by atoms with Gasteiger partial charge in [-0.25, -0.2) is 14.4 Å². The fourth-order valence-corrected chi connectivity index (χ4v) is 3.30. The van der Waals surface area contributed by atoms with E-state index >= 15 is 0 Å². The molecule has 2 atom stereocenters. The number of alkyl carbamates (subject to hydrolysis) is 1. The number of primary amides is 2. The second-order valence-corrected chi connectivity index (χ2v) is 8.80. The molecule has 41 heavy (non-hydrogen) atoms. The number of anilines is 2. The van der Waals surface area contributed by atoms with Crippen LogP contribution in [0.5, 0.6) is 0 Å². The summed E-state index contributed by atoms with van der Waals surface area (Å²) >= 11 is 0. The van der Waals surface area contributed by atoms with E-state index < -0.39 is 67.2 Å². The molecule has 0 fully saturated rings. The molecule has 1 rings (SSSR count). The van der Waals surface area contributed by atoms with Gasteiger partial charge >= 0.3 is 18.2 Å². The minimum absolute atomic E-state index is 0.0546. The van der Waals surface area contributed by atoms with Crippen molar-refractivity contribution in [1.29, 1.82) is 0 Å². The van der Waals surface area contributed by atoms with E-state index in [0.29, 0.717) is 5.56 Å². The van der Waals surface area contributed by atoms with Crippen LogP contribution in [0, 0.1) is 18.3 Å². The lowest BCUT2D eigenvalue weighted by Crippen LogP contribution is -2.50. The lowest BCUT2D eigenvalue weighted by molar-refractivity contribution is -0.134. The standard InChI is InChI=1S/C25H35N7O9/c1-4-10-40-25(39)29-12-19(34)31-18-11-16(8-7-15(18)13-33)30-21(35)17(6-5-9-28-23(26)37)32-22(36)20(14(2)3)41-24(27)38/h1,7-8,11,14,17,20,33H,5-6,9-10,12-13H2,2-3H3,(H2,27,38)(H,29,39)(H,30,35)(H,31,34)(H,32,36)(H3,26,28,37)/t17-,20-/m0/s1. The van der Waals surface area contributed by atoms with Gasteiger partial charge in [-0.2, -0.15) is 0 Å². The molecule has 224 valence electrons. The first-order valence-corrected chi connectivity index (χ1v) is 12.4. The van der Waals surface area contributed by atoms with Crippen molar-refractivity contribution in [3.8, 4) is 12.3 Å². The lowest BCUT2D eigenvalue weighted by atomic mass is 10.0. The molecule has 0 radical (unpaired) electrons. The van der Waals surface area contributed by atoms with Crippen LogP contribution in [0.15, 0.2) is 18.2 Å². The van der Waals surface area contributed by atoms with E-state index in [1.807, 2.05) is 0 Å². The van der Waals surface area contributed by atoms with Gasteiger partial charge in [-0.3, -0.25) is 14.4 Å². The van der Waals surface area contributed by atoms with Gasteiger partial charge in [-0.15, -0.1) is 6.42 Å². The number of nitrogens with one attached hydrogen (secondary N) is 5. The summed E-state index contributed by atoms with van der Waals surface area (Å²) in [5.41, 5.74) is 10.7. The van der Waals surface area contributed by atoms with Crippen molar-refractivity contribution in [2.24, 2.45) is 17.4 Å². The number of nitrogens with two attached hydrogens (primary N) is 2. The molecule has 0 saturated carbocycles. The Hall–Kier alpha value is -5.04. The third kappa shape index (κ3) is 13.0. The SMILES string of the molecule is C#CCOC(=O)NCC(=O)Nc1cc(NC(=O)[C@H](CCCNC(N)=O)NC(=O)[C@@H](OC(N)=O)C(C)C)ccc1CO. The van der Waals surface area contributed by atoms with Crippen LogP contribution >= 0.6 is 0 Å². The molecular formula is C25H35N7O9. The molecule has 0 aliphatic heterocycles. The van der Waals surface area contributed by atoms with Gasteiger partial charge in [0.05, 0.1) is 6.61 Å². The highest BCUT2D eigenvalue weighted by Gasteiger charge is 2.30. The molecule has 7 amide bonds. The van der Waals surface area contributed by atoms with Crippen LogP contribution < -0.4 is 38.1 Å². The zero-order chi connectivity index (χ0) is 30.9. The predicted octanol–water partition coefficient (Wildman–Crippen LogP) is -0.531. The molecule has 0 aliphatic carbocycles. The highest BCUT2D eigenvalue weighted by molar-refractivity contribution is 5.99. The smallest absolute Gasteiger partial charge is 0.408 e. The Morgan fingerprint density at radius 2 is 1.76 bits per heavy atom. The number of carbonyl (C=O) groups is 6. The first-order valence-electron chi connectivity index (χ1n) is 12.4. The van der Waals surface area contributed by atoms with Crippen LogP contribution in [0.4, 0.5) is 25.8 Å². The van der Waals surface area contributed by atoms with Crippen LogP contribution in [0.3, 0.4) is 0 Å². The first-order chi connectivity index (χ1) is 19.4. The fourth-order valence-electron chi connectivity index (χ4n) is 3.30. The van der Waals surface area contributed by atoms with Crippen molar-refractivity contribution in [3.63, 3.8) is 0 Å². The number of terminal acetylenes is 1. The van der Waals surface area contributed by atoms with E-state index in [9.17, 15) is 33.9 Å². The zero-order valence-electron chi connectivity index (χ0n) is 22.7. The maximum Gasteiger partial charge on any atom is 0.408 e. The second-order valence-electron chi connectivity index (χ2n) is 8.80. The van der Waals surface area contributed by atoms with Crippen LogP contribution in [0.2, 0.25) is 0 Å². The number of hydrogen-bond acceptors (Lipinski definition) is 9. The van der Waals surface area contributed by atoms with Gasteiger partial charge in [0.1, 0.15) is 12.6 Å². The molecule has 0 unspecified atom stereocenters. The summed E-state index contributed by atoms with van der Waals surface area (Å²) in [5.74, 6) is -0.467. The first kappa shape index (κ1) is 34.0. The number of carbonyl (C=O) groups excluding carboxylic acids is 6. The number of aliphatic hydroxyl groups excluding tert-OH is 1. The Morgan fingerprint density at radius 1 is 1.05 bits per heavy atom. The van der Waals surface area contributed by atoms with Crippen LogP contribution in [0.25, 0.3) is 0 Å². The molecule has 0 heterocycles. The Labute approximate surface area is 236 Å². The van der Waals surface area contributed by atoms with Crippen LogP contribution in [-0.4, -0.2) is 72.9 Å². The Morgan fingerprint density at radius 3 is 2.34 bits per heavy atom. The van der Waals surface area contributed by atoms with E-state index in [0.717, 1.165) is 0 Å². The lowest BCUT2D eigenvalue weighted by Gasteiger charge is -2.24. The summed E-state index contributed by atoms with van der Waals surface area (Å²) in [4.78, 5) is 71.9. The zero-order valence-corrected chi connectivity index (χ0v) is 22.7. The van der Waals surface area contributed by atoms with Crippen molar-refractivity contribution in [2.75, 3.05) is 30.3 Å². The molecule has 1 aromatic carbocycles. The molecular weight excluding hydrogens is 542 g/mol. The number of urea groups is 1. The Kier molecular flexibility index (Phi) is 14.5. The van der Waals surface area contributed by atoms with E-state index in [-0.39, 0.29) is 37.4 Å². The number of ether oxygens (including phenoxy) is 2. The molecule has 1 aromatic rings. The summed E-state index contributed by atoms with van der Waals surface area (Å²) in [7, 11) is 0. The predicted molar refractivity (Wildman–Crippen MR) is 146 cm³/mol. The monoisotopic (exact) mass is 577 g/mol. The fraction of sp³-hybridized carbons (Fsp3) is 0.440. The van der Waals surface area contributed by atoms with Crippen molar-refractivity contribution in [2.45, 2.75) is 45.4 Å². The summed E-state index contributed by atoms with van der Waals surface area (Å²) in [6.07, 6.45) is 1.95. The van der Waals surface area contributed by atoms with E-state index in [1.54, 1.807) is 13.8 Å². The van der Waals surface area contributed by atoms with Gasteiger partial charge in [0, 0.05) is 23.5 Å². The third-order valence-electron chi connectivity index (χ3n) is 5.21. The molecule has 0 aromatic heterocycles. The number of benzene rings is 1. The average Bonchev–Trinajstić information content (AvgIpc) is 2.90. The van der Waals surface area contributed by atoms with E-state index in [1.165, 1.54) is 18.2 Å². The molecule has 0 spiro atoms. The van der Waals surface area contributed by atoms with E-state index in [4.69, 9.17) is 22.6 Å². The van der Waals surface area contributed by atoms with Gasteiger partial charge in [0.15, 0.2) is 12.7 Å². The highest BCUT2D eigenvalue weighted by Crippen LogP contribution is 2.22. The third-order valence-corrected chi connectivity index (χ3v) is 5.21. The molecule has 16 nitrogen and oxygen atoms in total. The number of aliphatic hydroxyl groups is 1.